The van der Waals surface area contributed by atoms with Crippen LogP contribution in [-0.4, -0.2) is 39.8 Å². The summed E-state index contributed by atoms with van der Waals surface area (Å²) in [6.07, 6.45) is 0.981. The standard InChI is InChI=1S/C22H28F2N4O.HI/c1-15-4-5-17(21(10-15)29-3)13-27-22(25-2)26-12-16-8-9-28(14-16)18-6-7-19(23)20(24)11-18;/h4-7,10-11,16H,8-9,12-14H2,1-3H3,(H2,25,26,27);1H. The van der Waals surface area contributed by atoms with Crippen LogP contribution in [-0.2, 0) is 6.54 Å². The first-order valence-corrected chi connectivity index (χ1v) is 9.78. The highest BCUT2D eigenvalue weighted by Crippen LogP contribution is 2.25. The van der Waals surface area contributed by atoms with Gasteiger partial charge in [-0.2, -0.15) is 0 Å². The number of rotatable bonds is 6. The second kappa shape index (κ2) is 11.3. The zero-order valence-electron chi connectivity index (χ0n) is 17.5. The molecule has 0 amide bonds. The molecule has 1 atom stereocenters. The van der Waals surface area contributed by atoms with E-state index in [0.717, 1.165) is 54.6 Å². The summed E-state index contributed by atoms with van der Waals surface area (Å²) in [5.41, 5.74) is 2.94. The number of nitrogens with zero attached hydrogens (tertiary/aromatic N) is 2. The zero-order valence-corrected chi connectivity index (χ0v) is 19.9. The number of benzene rings is 2. The molecule has 0 spiro atoms. The first-order chi connectivity index (χ1) is 14.0. The zero-order chi connectivity index (χ0) is 20.8. The summed E-state index contributed by atoms with van der Waals surface area (Å²) >= 11 is 0. The summed E-state index contributed by atoms with van der Waals surface area (Å²) in [4.78, 5) is 6.37. The Hall–Kier alpha value is -2.10. The van der Waals surface area contributed by atoms with Crippen molar-refractivity contribution in [3.05, 3.63) is 59.2 Å². The Morgan fingerprint density at radius 3 is 2.67 bits per heavy atom. The van der Waals surface area contributed by atoms with E-state index in [2.05, 4.69) is 26.6 Å². The Labute approximate surface area is 193 Å². The molecule has 2 aromatic rings. The van der Waals surface area contributed by atoms with Crippen molar-refractivity contribution in [3.8, 4) is 5.75 Å². The maximum absolute atomic E-state index is 13.5. The second-order valence-electron chi connectivity index (χ2n) is 7.32. The van der Waals surface area contributed by atoms with Gasteiger partial charge in [-0.3, -0.25) is 4.99 Å². The molecule has 2 aromatic carbocycles. The van der Waals surface area contributed by atoms with Crippen molar-refractivity contribution in [3.63, 3.8) is 0 Å². The second-order valence-corrected chi connectivity index (χ2v) is 7.32. The summed E-state index contributed by atoms with van der Waals surface area (Å²) in [6.45, 7) is 5.01. The van der Waals surface area contributed by atoms with Gasteiger partial charge in [0.25, 0.3) is 0 Å². The normalized spacial score (nSPS) is 16.2. The van der Waals surface area contributed by atoms with E-state index in [1.54, 1.807) is 20.2 Å². The topological polar surface area (TPSA) is 48.9 Å². The lowest BCUT2D eigenvalue weighted by Crippen LogP contribution is -2.40. The number of anilines is 1. The summed E-state index contributed by atoms with van der Waals surface area (Å²) in [6, 6.07) is 10.2. The fourth-order valence-electron chi connectivity index (χ4n) is 3.55. The van der Waals surface area contributed by atoms with Crippen LogP contribution in [0.25, 0.3) is 0 Å². The van der Waals surface area contributed by atoms with Gasteiger partial charge in [0.15, 0.2) is 17.6 Å². The van der Waals surface area contributed by atoms with Crippen LogP contribution in [0.3, 0.4) is 0 Å². The molecule has 8 heteroatoms. The Morgan fingerprint density at radius 2 is 1.97 bits per heavy atom. The first kappa shape index (κ1) is 24.2. The highest BCUT2D eigenvalue weighted by molar-refractivity contribution is 14.0. The lowest BCUT2D eigenvalue weighted by atomic mass is 10.1. The van der Waals surface area contributed by atoms with Gasteiger partial charge in [0.2, 0.25) is 0 Å². The number of hydrogen-bond acceptors (Lipinski definition) is 3. The van der Waals surface area contributed by atoms with Crippen molar-refractivity contribution in [1.82, 2.24) is 10.6 Å². The fraction of sp³-hybridized carbons (Fsp3) is 0.409. The largest absolute Gasteiger partial charge is 0.496 e. The van der Waals surface area contributed by atoms with Crippen LogP contribution in [0.2, 0.25) is 0 Å². The van der Waals surface area contributed by atoms with E-state index in [9.17, 15) is 8.78 Å². The van der Waals surface area contributed by atoms with Crippen LogP contribution in [0.15, 0.2) is 41.4 Å². The van der Waals surface area contributed by atoms with Gasteiger partial charge in [-0.1, -0.05) is 12.1 Å². The number of ether oxygens (including phenoxy) is 1. The van der Waals surface area contributed by atoms with Crippen LogP contribution in [0.4, 0.5) is 14.5 Å². The molecule has 2 N–H and O–H groups in total. The van der Waals surface area contributed by atoms with E-state index in [0.29, 0.717) is 12.5 Å². The van der Waals surface area contributed by atoms with Crippen LogP contribution in [0.1, 0.15) is 17.5 Å². The maximum atomic E-state index is 13.5. The van der Waals surface area contributed by atoms with Crippen LogP contribution in [0.5, 0.6) is 5.75 Å². The molecule has 0 radical (unpaired) electrons. The Balaban J connectivity index is 0.00000320. The molecular formula is C22H29F2IN4O. The van der Waals surface area contributed by atoms with Crippen molar-refractivity contribution in [2.45, 2.75) is 19.9 Å². The number of methoxy groups -OCH3 is 1. The molecule has 1 unspecified atom stereocenters. The van der Waals surface area contributed by atoms with Crippen molar-refractivity contribution < 1.29 is 13.5 Å². The lowest BCUT2D eigenvalue weighted by molar-refractivity contribution is 0.408. The molecule has 1 saturated heterocycles. The molecule has 1 aliphatic heterocycles. The van der Waals surface area contributed by atoms with Gasteiger partial charge in [0.1, 0.15) is 5.75 Å². The number of halogens is 3. The van der Waals surface area contributed by atoms with Gasteiger partial charge in [-0.05, 0) is 43.0 Å². The van der Waals surface area contributed by atoms with Crippen LogP contribution >= 0.6 is 24.0 Å². The van der Waals surface area contributed by atoms with Crippen molar-refractivity contribution >= 4 is 35.6 Å². The highest BCUT2D eigenvalue weighted by atomic mass is 127. The SMILES string of the molecule is CN=C(NCc1ccc(C)cc1OC)NCC1CCN(c2ccc(F)c(F)c2)C1.I. The summed E-state index contributed by atoms with van der Waals surface area (Å²) in [5, 5.41) is 6.67. The average molecular weight is 530 g/mol. The highest BCUT2D eigenvalue weighted by Gasteiger charge is 2.23. The van der Waals surface area contributed by atoms with Crippen LogP contribution in [0, 0.1) is 24.5 Å². The van der Waals surface area contributed by atoms with E-state index < -0.39 is 11.6 Å². The lowest BCUT2D eigenvalue weighted by Gasteiger charge is -2.20. The summed E-state index contributed by atoms with van der Waals surface area (Å²) < 4.78 is 32.1. The molecule has 0 aromatic heterocycles. The van der Waals surface area contributed by atoms with Gasteiger partial charge < -0.3 is 20.3 Å². The predicted octanol–water partition coefficient (Wildman–Crippen LogP) is 4.09. The minimum Gasteiger partial charge on any atom is -0.496 e. The Morgan fingerprint density at radius 1 is 1.17 bits per heavy atom. The molecule has 3 rings (SSSR count). The third-order valence-electron chi connectivity index (χ3n) is 5.22. The molecule has 0 saturated carbocycles. The van der Waals surface area contributed by atoms with E-state index >= 15 is 0 Å². The number of hydrogen-bond donors (Lipinski definition) is 2. The van der Waals surface area contributed by atoms with Gasteiger partial charge in [-0.25, -0.2) is 8.78 Å². The Kier molecular flexibility index (Phi) is 9.13. The minimum absolute atomic E-state index is 0. The van der Waals surface area contributed by atoms with Gasteiger partial charge in [-0.15, -0.1) is 24.0 Å². The smallest absolute Gasteiger partial charge is 0.191 e. The number of aryl methyl sites for hydroxylation is 1. The van der Waals surface area contributed by atoms with E-state index in [-0.39, 0.29) is 24.0 Å². The molecule has 0 bridgehead atoms. The quantitative estimate of drug-likeness (QED) is 0.336. The summed E-state index contributed by atoms with van der Waals surface area (Å²) in [5.74, 6) is 0.354. The van der Waals surface area contributed by atoms with Gasteiger partial charge >= 0.3 is 0 Å². The molecule has 1 aliphatic rings. The number of guanidine groups is 1. The third-order valence-corrected chi connectivity index (χ3v) is 5.22. The molecule has 1 heterocycles. The number of nitrogens with one attached hydrogen (secondary N) is 2. The fourth-order valence-corrected chi connectivity index (χ4v) is 3.55. The average Bonchev–Trinajstić information content (AvgIpc) is 3.20. The van der Waals surface area contributed by atoms with Gasteiger partial charge in [0, 0.05) is 50.5 Å². The van der Waals surface area contributed by atoms with Gasteiger partial charge in [0.05, 0.1) is 7.11 Å². The van der Waals surface area contributed by atoms with E-state index in [1.807, 2.05) is 19.1 Å². The molecule has 0 aliphatic carbocycles. The number of aliphatic imine (C=N–C) groups is 1. The van der Waals surface area contributed by atoms with E-state index in [4.69, 9.17) is 4.74 Å². The molecule has 1 fully saturated rings. The summed E-state index contributed by atoms with van der Waals surface area (Å²) in [7, 11) is 3.41. The monoisotopic (exact) mass is 530 g/mol. The first-order valence-electron chi connectivity index (χ1n) is 9.78. The van der Waals surface area contributed by atoms with Crippen molar-refractivity contribution in [1.29, 1.82) is 0 Å². The van der Waals surface area contributed by atoms with E-state index in [1.165, 1.54) is 12.1 Å². The molecular weight excluding hydrogens is 501 g/mol. The van der Waals surface area contributed by atoms with Crippen LogP contribution < -0.4 is 20.3 Å². The maximum Gasteiger partial charge on any atom is 0.191 e. The van der Waals surface area contributed by atoms with Crippen molar-refractivity contribution in [2.24, 2.45) is 10.9 Å². The Bertz CT molecular complexity index is 878. The minimum atomic E-state index is -0.814. The molecule has 30 heavy (non-hydrogen) atoms. The van der Waals surface area contributed by atoms with Crippen molar-refractivity contribution in [2.75, 3.05) is 38.7 Å². The molecule has 164 valence electrons. The predicted molar refractivity (Wildman–Crippen MR) is 128 cm³/mol. The molecule has 5 nitrogen and oxygen atoms in total. The third kappa shape index (κ3) is 6.20.